The van der Waals surface area contributed by atoms with Crippen LogP contribution in [-0.2, 0) is 4.79 Å². The summed E-state index contributed by atoms with van der Waals surface area (Å²) in [4.78, 5) is 22.4. The maximum Gasteiger partial charge on any atom is 0.272 e. The lowest BCUT2D eigenvalue weighted by Crippen LogP contribution is -2.29. The predicted octanol–water partition coefficient (Wildman–Crippen LogP) is 1.89. The van der Waals surface area contributed by atoms with Crippen LogP contribution < -0.4 is 15.3 Å². The Morgan fingerprint density at radius 2 is 1.96 bits per heavy atom. The summed E-state index contributed by atoms with van der Waals surface area (Å²) < 4.78 is 5.07. The number of carboxylic acid groups (broad SMARTS) is 1. The van der Waals surface area contributed by atoms with Gasteiger partial charge in [0, 0.05) is 10.6 Å². The first kappa shape index (κ1) is 17.8. The number of hydrazone groups is 1. The quantitative estimate of drug-likeness (QED) is 0.624. The van der Waals surface area contributed by atoms with Gasteiger partial charge >= 0.3 is 0 Å². The molecule has 8 heteroatoms. The molecule has 2 aromatic rings. The first-order valence-corrected chi connectivity index (χ1v) is 7.43. The summed E-state index contributed by atoms with van der Waals surface area (Å²) in [6.07, 6.45) is 1.33. The van der Waals surface area contributed by atoms with Crippen LogP contribution in [0, 0.1) is 0 Å². The number of halogens is 2. The van der Waals surface area contributed by atoms with E-state index in [2.05, 4.69) is 10.5 Å². The number of rotatable bonds is 6. The standard InChI is InChI=1S/C16H12Cl2N2O4/c17-11-5-6-12(13(18)7-11)16(23)20-19-8-10-3-1-2-4-14(10)24-9-15(21)22/h1-8H,9H2,(H,20,23)(H,21,22)/p-1. The van der Waals surface area contributed by atoms with E-state index in [1.165, 1.54) is 24.4 Å². The molecule has 0 saturated heterocycles. The van der Waals surface area contributed by atoms with Crippen LogP contribution in [0.15, 0.2) is 47.6 Å². The van der Waals surface area contributed by atoms with Crippen molar-refractivity contribution in [3.05, 3.63) is 63.6 Å². The first-order valence-electron chi connectivity index (χ1n) is 6.67. The Morgan fingerprint density at radius 3 is 2.67 bits per heavy atom. The highest BCUT2D eigenvalue weighted by Gasteiger charge is 2.09. The average Bonchev–Trinajstić information content (AvgIpc) is 2.53. The van der Waals surface area contributed by atoms with Crippen molar-refractivity contribution in [1.29, 1.82) is 0 Å². The van der Waals surface area contributed by atoms with Gasteiger partial charge in [0.15, 0.2) is 0 Å². The highest BCUT2D eigenvalue weighted by molar-refractivity contribution is 6.36. The largest absolute Gasteiger partial charge is 0.546 e. The summed E-state index contributed by atoms with van der Waals surface area (Å²) in [5, 5.41) is 14.9. The van der Waals surface area contributed by atoms with E-state index in [4.69, 9.17) is 27.9 Å². The molecule has 0 radical (unpaired) electrons. The zero-order chi connectivity index (χ0) is 17.5. The van der Waals surface area contributed by atoms with Crippen molar-refractivity contribution in [2.45, 2.75) is 0 Å². The molecule has 0 spiro atoms. The van der Waals surface area contributed by atoms with Crippen LogP contribution in [0.2, 0.25) is 10.0 Å². The maximum atomic E-state index is 12.0. The highest BCUT2D eigenvalue weighted by Crippen LogP contribution is 2.21. The van der Waals surface area contributed by atoms with Gasteiger partial charge in [0.25, 0.3) is 5.91 Å². The molecule has 0 aliphatic carbocycles. The molecule has 0 fully saturated rings. The molecule has 0 saturated carbocycles. The van der Waals surface area contributed by atoms with Gasteiger partial charge in [-0.15, -0.1) is 0 Å². The Kier molecular flexibility index (Phi) is 6.17. The smallest absolute Gasteiger partial charge is 0.272 e. The van der Waals surface area contributed by atoms with E-state index in [-0.39, 0.29) is 10.6 Å². The molecule has 0 atom stereocenters. The van der Waals surface area contributed by atoms with E-state index in [0.29, 0.717) is 16.3 Å². The minimum Gasteiger partial charge on any atom is -0.546 e. The molecule has 0 aliphatic heterocycles. The molecule has 0 bridgehead atoms. The third-order valence-corrected chi connectivity index (χ3v) is 3.36. The number of carbonyl (C=O) groups is 2. The summed E-state index contributed by atoms with van der Waals surface area (Å²) in [7, 11) is 0. The molecular formula is C16H11Cl2N2O4-. The van der Waals surface area contributed by atoms with Crippen LogP contribution in [0.1, 0.15) is 15.9 Å². The number of benzene rings is 2. The lowest BCUT2D eigenvalue weighted by atomic mass is 10.2. The summed E-state index contributed by atoms with van der Waals surface area (Å²) >= 11 is 11.7. The van der Waals surface area contributed by atoms with Crippen molar-refractivity contribution in [3.8, 4) is 5.75 Å². The van der Waals surface area contributed by atoms with Crippen molar-refractivity contribution < 1.29 is 19.4 Å². The van der Waals surface area contributed by atoms with Crippen molar-refractivity contribution >= 4 is 41.3 Å². The number of ether oxygens (including phenoxy) is 1. The monoisotopic (exact) mass is 365 g/mol. The molecule has 0 aliphatic rings. The van der Waals surface area contributed by atoms with Gasteiger partial charge in [-0.25, -0.2) is 5.43 Å². The Morgan fingerprint density at radius 1 is 1.21 bits per heavy atom. The van der Waals surface area contributed by atoms with E-state index < -0.39 is 18.5 Å². The van der Waals surface area contributed by atoms with Gasteiger partial charge in [-0.05, 0) is 30.3 Å². The van der Waals surface area contributed by atoms with Gasteiger partial charge in [-0.2, -0.15) is 5.10 Å². The molecule has 2 rings (SSSR count). The zero-order valence-corrected chi connectivity index (χ0v) is 13.7. The Hall–Kier alpha value is -2.57. The van der Waals surface area contributed by atoms with Crippen molar-refractivity contribution in [3.63, 3.8) is 0 Å². The second-order valence-electron chi connectivity index (χ2n) is 4.52. The summed E-state index contributed by atoms with van der Waals surface area (Å²) in [5.74, 6) is -1.56. The van der Waals surface area contributed by atoms with E-state index >= 15 is 0 Å². The van der Waals surface area contributed by atoms with Crippen LogP contribution in [0.4, 0.5) is 0 Å². The van der Waals surface area contributed by atoms with Gasteiger partial charge in [0.05, 0.1) is 22.8 Å². The number of para-hydroxylation sites is 1. The fraction of sp³-hybridized carbons (Fsp3) is 0.0625. The molecule has 124 valence electrons. The minimum absolute atomic E-state index is 0.202. The van der Waals surface area contributed by atoms with Crippen LogP contribution in [-0.4, -0.2) is 24.7 Å². The molecule has 0 heterocycles. The SMILES string of the molecule is O=C([O-])COc1ccccc1C=NNC(=O)c1ccc(Cl)cc1Cl. The zero-order valence-electron chi connectivity index (χ0n) is 12.2. The molecular weight excluding hydrogens is 355 g/mol. The van der Waals surface area contributed by atoms with Crippen LogP contribution in [0.3, 0.4) is 0 Å². The maximum absolute atomic E-state index is 12.0. The Labute approximate surface area is 147 Å². The van der Waals surface area contributed by atoms with E-state index in [1.807, 2.05) is 0 Å². The fourth-order valence-corrected chi connectivity index (χ4v) is 2.24. The molecule has 0 unspecified atom stereocenters. The van der Waals surface area contributed by atoms with Crippen molar-refractivity contribution in [1.82, 2.24) is 5.43 Å². The van der Waals surface area contributed by atoms with Crippen LogP contribution in [0.5, 0.6) is 5.75 Å². The molecule has 6 nitrogen and oxygen atoms in total. The van der Waals surface area contributed by atoms with Crippen LogP contribution >= 0.6 is 23.2 Å². The van der Waals surface area contributed by atoms with E-state index in [0.717, 1.165) is 0 Å². The summed E-state index contributed by atoms with van der Waals surface area (Å²) in [6, 6.07) is 11.1. The number of nitrogens with zero attached hydrogens (tertiary/aromatic N) is 1. The number of carboxylic acids is 1. The van der Waals surface area contributed by atoms with E-state index in [1.54, 1.807) is 24.3 Å². The number of amides is 1. The summed E-state index contributed by atoms with van der Waals surface area (Å²) in [5.41, 5.74) is 3.03. The summed E-state index contributed by atoms with van der Waals surface area (Å²) in [6.45, 7) is -0.586. The van der Waals surface area contributed by atoms with Crippen LogP contribution in [0.25, 0.3) is 0 Å². The second kappa shape index (κ2) is 8.33. The topological polar surface area (TPSA) is 90.8 Å². The number of aliphatic carboxylic acids is 1. The number of nitrogens with one attached hydrogen (secondary N) is 1. The van der Waals surface area contributed by atoms with Gasteiger partial charge < -0.3 is 14.6 Å². The molecule has 24 heavy (non-hydrogen) atoms. The number of carbonyl (C=O) groups excluding carboxylic acids is 2. The Bertz CT molecular complexity index is 793. The first-order chi connectivity index (χ1) is 11.5. The van der Waals surface area contributed by atoms with Gasteiger partial charge in [0.2, 0.25) is 0 Å². The van der Waals surface area contributed by atoms with E-state index in [9.17, 15) is 14.7 Å². The van der Waals surface area contributed by atoms with Gasteiger partial charge in [-0.3, -0.25) is 4.79 Å². The normalized spacial score (nSPS) is 10.6. The molecule has 0 aromatic heterocycles. The second-order valence-corrected chi connectivity index (χ2v) is 5.37. The number of hydrogen-bond acceptors (Lipinski definition) is 5. The fourth-order valence-electron chi connectivity index (χ4n) is 1.75. The van der Waals surface area contributed by atoms with Crippen molar-refractivity contribution in [2.75, 3.05) is 6.61 Å². The predicted molar refractivity (Wildman–Crippen MR) is 88.5 cm³/mol. The molecule has 2 aromatic carbocycles. The lowest BCUT2D eigenvalue weighted by molar-refractivity contribution is -0.307. The number of hydrogen-bond donors (Lipinski definition) is 1. The third-order valence-electron chi connectivity index (χ3n) is 2.81. The lowest BCUT2D eigenvalue weighted by Gasteiger charge is -2.09. The average molecular weight is 366 g/mol. The van der Waals surface area contributed by atoms with Crippen molar-refractivity contribution in [2.24, 2.45) is 5.10 Å². The Balaban J connectivity index is 2.06. The van der Waals surface area contributed by atoms with Gasteiger partial charge in [-0.1, -0.05) is 35.3 Å². The molecule has 1 N–H and O–H groups in total. The minimum atomic E-state index is -1.34. The van der Waals surface area contributed by atoms with Gasteiger partial charge in [0.1, 0.15) is 12.4 Å². The highest BCUT2D eigenvalue weighted by atomic mass is 35.5. The third kappa shape index (κ3) is 4.97. The molecule has 1 amide bonds.